The number of esters is 4. The first-order chi connectivity index (χ1) is 48.1. The molecule has 0 heterocycles. The quantitative estimate of drug-likeness (QED) is 0.0222. The van der Waals surface area contributed by atoms with Crippen LogP contribution in [0.2, 0.25) is 0 Å². The van der Waals surface area contributed by atoms with Crippen molar-refractivity contribution >= 4 is 39.5 Å². The van der Waals surface area contributed by atoms with Gasteiger partial charge in [0, 0.05) is 25.7 Å². The van der Waals surface area contributed by atoms with E-state index in [2.05, 4.69) is 55.4 Å². The van der Waals surface area contributed by atoms with Crippen LogP contribution in [0.5, 0.6) is 0 Å². The normalized spacial score (nSPS) is 14.3. The van der Waals surface area contributed by atoms with Gasteiger partial charge in [-0.25, -0.2) is 9.13 Å². The van der Waals surface area contributed by atoms with Crippen LogP contribution >= 0.6 is 15.6 Å². The van der Waals surface area contributed by atoms with Gasteiger partial charge in [-0.05, 0) is 49.4 Å². The van der Waals surface area contributed by atoms with Gasteiger partial charge in [0.15, 0.2) is 12.2 Å². The van der Waals surface area contributed by atoms with Gasteiger partial charge in [0.25, 0.3) is 0 Å². The molecule has 0 aliphatic rings. The molecular weight excluding hydrogens is 1310 g/mol. The van der Waals surface area contributed by atoms with Gasteiger partial charge in [-0.2, -0.15) is 0 Å². The van der Waals surface area contributed by atoms with E-state index in [1.54, 1.807) is 0 Å². The van der Waals surface area contributed by atoms with E-state index in [0.717, 1.165) is 114 Å². The smallest absolute Gasteiger partial charge is 0.462 e. The maximum absolute atomic E-state index is 13.1. The van der Waals surface area contributed by atoms with Crippen molar-refractivity contribution in [2.75, 3.05) is 39.6 Å². The standard InChI is InChI=1S/C81H158O17P2/c1-9-74(8)60-52-44-36-31-32-38-46-54-62-79(84)92-68-77(98-81(86)64-56-48-40-30-24-18-12-15-21-27-35-43-51-59-73(6)7)70-96-100(89,90)94-66-75(82)65-93-99(87,88)95-69-76(97-80(85)63-55-47-39-29-23-17-11-14-20-26-34-42-50-58-72(4)5)67-91-78(83)61-53-45-37-28-22-16-10-13-19-25-33-41-49-57-71(2)3/h71-77,82H,9-70H2,1-8H3,(H,87,88)(H,89,90)/t74?,75-,76-,77-/m1/s1. The fourth-order valence-electron chi connectivity index (χ4n) is 12.4. The van der Waals surface area contributed by atoms with Crippen LogP contribution < -0.4 is 0 Å². The minimum absolute atomic E-state index is 0.106. The minimum atomic E-state index is -4.96. The van der Waals surface area contributed by atoms with Gasteiger partial charge in [-0.3, -0.25) is 37.3 Å². The number of aliphatic hydroxyl groups excluding tert-OH is 1. The fraction of sp³-hybridized carbons (Fsp3) is 0.951. The van der Waals surface area contributed by atoms with Gasteiger partial charge >= 0.3 is 39.5 Å². The largest absolute Gasteiger partial charge is 0.472 e. The Morgan fingerprint density at radius 3 is 0.710 bits per heavy atom. The first-order valence-electron chi connectivity index (χ1n) is 41.7. The van der Waals surface area contributed by atoms with Crippen LogP contribution in [0.1, 0.15) is 415 Å². The number of hydrogen-bond donors (Lipinski definition) is 3. The molecule has 594 valence electrons. The predicted octanol–water partition coefficient (Wildman–Crippen LogP) is 24.0. The van der Waals surface area contributed by atoms with Crippen LogP contribution in [0.25, 0.3) is 0 Å². The van der Waals surface area contributed by atoms with Crippen molar-refractivity contribution in [3.05, 3.63) is 0 Å². The minimum Gasteiger partial charge on any atom is -0.462 e. The number of aliphatic hydroxyl groups is 1. The van der Waals surface area contributed by atoms with Crippen molar-refractivity contribution < 1.29 is 80.2 Å². The molecule has 3 unspecified atom stereocenters. The summed E-state index contributed by atoms with van der Waals surface area (Å²) in [4.78, 5) is 73.1. The Morgan fingerprint density at radius 2 is 0.480 bits per heavy atom. The van der Waals surface area contributed by atoms with Crippen molar-refractivity contribution in [1.29, 1.82) is 0 Å². The zero-order valence-electron chi connectivity index (χ0n) is 65.8. The lowest BCUT2D eigenvalue weighted by Gasteiger charge is -2.21. The molecule has 0 radical (unpaired) electrons. The molecule has 0 saturated heterocycles. The number of carbonyl (C=O) groups excluding carboxylic acids is 4. The molecular formula is C81H158O17P2. The lowest BCUT2D eigenvalue weighted by Crippen LogP contribution is -2.30. The Morgan fingerprint density at radius 1 is 0.280 bits per heavy atom. The summed E-state index contributed by atoms with van der Waals surface area (Å²) in [5.41, 5.74) is 0. The van der Waals surface area contributed by atoms with Crippen molar-refractivity contribution in [2.24, 2.45) is 23.7 Å². The van der Waals surface area contributed by atoms with Crippen LogP contribution in [0, 0.1) is 23.7 Å². The van der Waals surface area contributed by atoms with Crippen molar-refractivity contribution in [3.8, 4) is 0 Å². The van der Waals surface area contributed by atoms with Crippen LogP contribution in [0.15, 0.2) is 0 Å². The molecule has 0 amide bonds. The second kappa shape index (κ2) is 70.1. The number of unbranched alkanes of at least 4 members (excludes halogenated alkanes) is 43. The molecule has 0 rings (SSSR count). The molecule has 0 aromatic heterocycles. The highest BCUT2D eigenvalue weighted by molar-refractivity contribution is 7.47. The van der Waals surface area contributed by atoms with Gasteiger partial charge in [0.05, 0.1) is 26.4 Å². The molecule has 100 heavy (non-hydrogen) atoms. The number of phosphoric ester groups is 2. The first kappa shape index (κ1) is 98.1. The van der Waals surface area contributed by atoms with Crippen molar-refractivity contribution in [2.45, 2.75) is 433 Å². The SMILES string of the molecule is CCC(C)CCCCCCCCCCC(=O)OC[C@H](COP(=O)(O)OC[C@H](O)COP(=O)(O)OC[C@@H](COC(=O)CCCCCCCCCCCCCCCC(C)C)OC(=O)CCCCCCCCCCCCCCCC(C)C)OC(=O)CCCCCCCCCCCCCCCC(C)C. The van der Waals surface area contributed by atoms with Crippen molar-refractivity contribution in [1.82, 2.24) is 0 Å². The van der Waals surface area contributed by atoms with E-state index in [1.807, 2.05) is 0 Å². The molecule has 0 spiro atoms. The van der Waals surface area contributed by atoms with Gasteiger partial charge in [0.1, 0.15) is 19.3 Å². The van der Waals surface area contributed by atoms with E-state index >= 15 is 0 Å². The highest BCUT2D eigenvalue weighted by Crippen LogP contribution is 2.45. The second-order valence-electron chi connectivity index (χ2n) is 30.8. The Bertz CT molecular complexity index is 1960. The summed E-state index contributed by atoms with van der Waals surface area (Å²) in [7, 11) is -9.92. The molecule has 0 aromatic rings. The van der Waals surface area contributed by atoms with E-state index in [-0.39, 0.29) is 25.7 Å². The van der Waals surface area contributed by atoms with Gasteiger partial charge in [-0.1, -0.05) is 364 Å². The molecule has 0 aromatic carbocycles. The zero-order valence-corrected chi connectivity index (χ0v) is 67.6. The summed E-state index contributed by atoms with van der Waals surface area (Å²) < 4.78 is 68.8. The Balaban J connectivity index is 5.28. The summed E-state index contributed by atoms with van der Waals surface area (Å²) in [5, 5.41) is 10.6. The summed E-state index contributed by atoms with van der Waals surface area (Å²) in [5.74, 6) is 1.03. The topological polar surface area (TPSA) is 237 Å². The number of ether oxygens (including phenoxy) is 4. The maximum atomic E-state index is 13.1. The third kappa shape index (κ3) is 73.0. The van der Waals surface area contributed by atoms with Crippen molar-refractivity contribution in [3.63, 3.8) is 0 Å². The molecule has 6 atom stereocenters. The van der Waals surface area contributed by atoms with Crippen LogP contribution in [-0.2, 0) is 65.4 Å². The molecule has 0 fully saturated rings. The molecule has 3 N–H and O–H groups in total. The Kier molecular flexibility index (Phi) is 68.7. The van der Waals surface area contributed by atoms with Crippen LogP contribution in [0.4, 0.5) is 0 Å². The number of phosphoric acid groups is 2. The molecule has 0 bridgehead atoms. The van der Waals surface area contributed by atoms with E-state index in [1.165, 1.54) is 218 Å². The molecule has 0 aliphatic carbocycles. The van der Waals surface area contributed by atoms with Gasteiger partial charge < -0.3 is 33.8 Å². The average Bonchev–Trinajstić information content (AvgIpc) is 1.10. The third-order valence-electron chi connectivity index (χ3n) is 19.2. The fourth-order valence-corrected chi connectivity index (χ4v) is 14.0. The van der Waals surface area contributed by atoms with Crippen LogP contribution in [-0.4, -0.2) is 96.7 Å². The Labute approximate surface area is 613 Å². The summed E-state index contributed by atoms with van der Waals surface area (Å²) in [6.45, 7) is 14.3. The maximum Gasteiger partial charge on any atom is 0.472 e. The molecule has 17 nitrogen and oxygen atoms in total. The van der Waals surface area contributed by atoms with E-state index in [0.29, 0.717) is 25.7 Å². The monoisotopic (exact) mass is 1470 g/mol. The summed E-state index contributed by atoms with van der Waals surface area (Å²) in [6.07, 6.45) is 56.7. The highest BCUT2D eigenvalue weighted by atomic mass is 31.2. The number of hydrogen-bond acceptors (Lipinski definition) is 15. The Hall–Kier alpha value is -1.94. The third-order valence-corrected chi connectivity index (χ3v) is 21.1. The molecule has 19 heteroatoms. The zero-order chi connectivity index (χ0) is 73.8. The molecule has 0 aliphatic heterocycles. The summed E-state index contributed by atoms with van der Waals surface area (Å²) in [6, 6.07) is 0. The predicted molar refractivity (Wildman–Crippen MR) is 409 cm³/mol. The van der Waals surface area contributed by atoms with E-state index in [9.17, 15) is 43.2 Å². The summed E-state index contributed by atoms with van der Waals surface area (Å²) >= 11 is 0. The lowest BCUT2D eigenvalue weighted by molar-refractivity contribution is -0.161. The van der Waals surface area contributed by atoms with Crippen LogP contribution in [0.3, 0.4) is 0 Å². The second-order valence-corrected chi connectivity index (χ2v) is 33.7. The lowest BCUT2D eigenvalue weighted by atomic mass is 9.99. The number of carbonyl (C=O) groups is 4. The number of rotatable bonds is 78. The van der Waals surface area contributed by atoms with E-state index in [4.69, 9.17) is 37.0 Å². The van der Waals surface area contributed by atoms with E-state index < -0.39 is 97.5 Å². The average molecular weight is 1470 g/mol. The highest BCUT2D eigenvalue weighted by Gasteiger charge is 2.30. The van der Waals surface area contributed by atoms with Gasteiger partial charge in [0.2, 0.25) is 0 Å². The first-order valence-corrected chi connectivity index (χ1v) is 44.7. The van der Waals surface area contributed by atoms with Gasteiger partial charge in [-0.15, -0.1) is 0 Å². The molecule has 0 saturated carbocycles.